The van der Waals surface area contributed by atoms with E-state index < -0.39 is 39.8 Å². The normalized spacial score (nSPS) is 14.6. The van der Waals surface area contributed by atoms with Crippen molar-refractivity contribution in [2.75, 3.05) is 6.61 Å². The molecule has 1 atom stereocenters. The van der Waals surface area contributed by atoms with Gasteiger partial charge < -0.3 is 10.2 Å². The molecular weight excluding hydrogens is 276 g/mol. The summed E-state index contributed by atoms with van der Waals surface area (Å²) >= 11 is 0. The zero-order valence-electron chi connectivity index (χ0n) is 10.7. The predicted molar refractivity (Wildman–Crippen MR) is 67.2 cm³/mol. The highest BCUT2D eigenvalue weighted by atomic mass is 32.2. The maximum Gasteiger partial charge on any atom is 0.328 e. The van der Waals surface area contributed by atoms with Gasteiger partial charge in [-0.15, -0.1) is 6.58 Å². The second-order valence-electron chi connectivity index (χ2n) is 4.00. The van der Waals surface area contributed by atoms with Crippen LogP contribution in [0.15, 0.2) is 12.7 Å². The van der Waals surface area contributed by atoms with E-state index in [-0.39, 0.29) is 12.8 Å². The van der Waals surface area contributed by atoms with Gasteiger partial charge in [-0.05, 0) is 6.42 Å². The molecule has 0 radical (unpaired) electrons. The lowest BCUT2D eigenvalue weighted by Crippen LogP contribution is -2.49. The maximum atomic E-state index is 12.0. The average molecular weight is 294 g/mol. The van der Waals surface area contributed by atoms with Gasteiger partial charge in [0, 0.05) is 0 Å². The van der Waals surface area contributed by atoms with Crippen molar-refractivity contribution in [3.63, 3.8) is 0 Å². The fourth-order valence-electron chi connectivity index (χ4n) is 1.55. The van der Waals surface area contributed by atoms with Gasteiger partial charge in [0.15, 0.2) is 0 Å². The molecule has 0 aromatic rings. The van der Waals surface area contributed by atoms with Crippen LogP contribution in [0, 0.1) is 0 Å². The highest BCUT2D eigenvalue weighted by Crippen LogP contribution is 2.30. The van der Waals surface area contributed by atoms with Gasteiger partial charge >= 0.3 is 11.9 Å². The maximum absolute atomic E-state index is 12.0. The van der Waals surface area contributed by atoms with E-state index in [9.17, 15) is 23.1 Å². The summed E-state index contributed by atoms with van der Waals surface area (Å²) in [7, 11) is -4.56. The van der Waals surface area contributed by atoms with E-state index in [0.717, 1.165) is 6.08 Å². The van der Waals surface area contributed by atoms with Crippen LogP contribution in [0.25, 0.3) is 0 Å². The molecule has 1 unspecified atom stereocenters. The van der Waals surface area contributed by atoms with E-state index in [4.69, 9.17) is 5.11 Å². The number of carbonyl (C=O) groups is 2. The molecule has 0 heterocycles. The van der Waals surface area contributed by atoms with E-state index in [0.29, 0.717) is 6.42 Å². The molecule has 0 aromatic heterocycles. The van der Waals surface area contributed by atoms with Crippen molar-refractivity contribution in [1.29, 1.82) is 0 Å². The van der Waals surface area contributed by atoms with Gasteiger partial charge in [-0.3, -0.25) is 13.8 Å². The first kappa shape index (κ1) is 17.6. The second kappa shape index (κ2) is 7.25. The number of hydrogen-bond donors (Lipinski definition) is 2. The molecule has 0 rings (SSSR count). The first-order valence-electron chi connectivity index (χ1n) is 5.68. The van der Waals surface area contributed by atoms with Crippen LogP contribution >= 0.6 is 0 Å². The lowest BCUT2D eigenvalue weighted by molar-refractivity contribution is -0.147. The Kier molecular flexibility index (Phi) is 6.71. The minimum atomic E-state index is -4.56. The average Bonchev–Trinajstić information content (AvgIpc) is 2.30. The van der Waals surface area contributed by atoms with Crippen LogP contribution < -0.4 is 0 Å². The molecule has 0 bridgehead atoms. The monoisotopic (exact) mass is 294 g/mol. The summed E-state index contributed by atoms with van der Waals surface area (Å²) in [5.41, 5.74) is 0. The Hall–Kier alpha value is -1.41. The van der Waals surface area contributed by atoms with Gasteiger partial charge in [0.05, 0.1) is 13.0 Å². The SMILES string of the molecule is C=CCOS(=O)(=O)C(CCCC)(CC(=O)O)C(=O)O. The molecule has 2 N–H and O–H groups in total. The molecule has 110 valence electrons. The molecule has 0 saturated heterocycles. The fourth-order valence-corrected chi connectivity index (χ4v) is 2.96. The molecule has 0 aliphatic carbocycles. The van der Waals surface area contributed by atoms with Crippen LogP contribution in [0.2, 0.25) is 0 Å². The van der Waals surface area contributed by atoms with Gasteiger partial charge in [0.1, 0.15) is 0 Å². The molecule has 0 saturated carbocycles. The molecule has 0 aromatic carbocycles. The van der Waals surface area contributed by atoms with Gasteiger partial charge in [0.25, 0.3) is 10.1 Å². The third kappa shape index (κ3) is 4.32. The van der Waals surface area contributed by atoms with Crippen LogP contribution in [0.5, 0.6) is 0 Å². The lowest BCUT2D eigenvalue weighted by atomic mass is 9.97. The van der Waals surface area contributed by atoms with E-state index in [1.165, 1.54) is 0 Å². The Morgan fingerprint density at radius 1 is 1.37 bits per heavy atom. The molecule has 0 fully saturated rings. The number of unbranched alkanes of at least 4 members (excludes halogenated alkanes) is 1. The van der Waals surface area contributed by atoms with E-state index >= 15 is 0 Å². The zero-order valence-corrected chi connectivity index (χ0v) is 11.5. The van der Waals surface area contributed by atoms with Crippen molar-refractivity contribution < 1.29 is 32.4 Å². The number of aliphatic carboxylic acids is 2. The molecule has 0 aliphatic heterocycles. The van der Waals surface area contributed by atoms with Gasteiger partial charge in [-0.25, -0.2) is 0 Å². The summed E-state index contributed by atoms with van der Waals surface area (Å²) in [6.45, 7) is 4.60. The Morgan fingerprint density at radius 2 is 1.95 bits per heavy atom. The molecule has 0 aliphatic rings. The van der Waals surface area contributed by atoms with Crippen molar-refractivity contribution in [3.8, 4) is 0 Å². The minimum absolute atomic E-state index is 0.260. The van der Waals surface area contributed by atoms with Gasteiger partial charge in [-0.1, -0.05) is 25.8 Å². The van der Waals surface area contributed by atoms with Gasteiger partial charge in [0.2, 0.25) is 4.75 Å². The summed E-state index contributed by atoms with van der Waals surface area (Å²) in [6.07, 6.45) is 0.582. The standard InChI is InChI=1S/C11H18O7S/c1-3-5-6-11(10(14)15,8-9(12)13)19(16,17)18-7-4-2/h4H,2-3,5-8H2,1H3,(H,12,13)(H,14,15). The summed E-state index contributed by atoms with van der Waals surface area (Å²) in [4.78, 5) is 22.1. The second-order valence-corrected chi connectivity index (χ2v) is 5.93. The predicted octanol–water partition coefficient (Wildman–Crippen LogP) is 1.01. The Labute approximate surface area is 112 Å². The summed E-state index contributed by atoms with van der Waals surface area (Å²) in [5, 5.41) is 18.0. The topological polar surface area (TPSA) is 118 Å². The van der Waals surface area contributed by atoms with Crippen LogP contribution in [0.4, 0.5) is 0 Å². The molecule has 0 amide bonds. The quantitative estimate of drug-likeness (QED) is 0.456. The largest absolute Gasteiger partial charge is 0.481 e. The van der Waals surface area contributed by atoms with Crippen molar-refractivity contribution in [1.82, 2.24) is 0 Å². The van der Waals surface area contributed by atoms with E-state index in [2.05, 4.69) is 10.8 Å². The molecule has 0 spiro atoms. The molecule has 8 heteroatoms. The zero-order chi connectivity index (χ0) is 15.1. The first-order valence-corrected chi connectivity index (χ1v) is 7.09. The van der Waals surface area contributed by atoms with Gasteiger partial charge in [-0.2, -0.15) is 8.42 Å². The van der Waals surface area contributed by atoms with Crippen LogP contribution in [0.1, 0.15) is 32.6 Å². The number of carboxylic acid groups (broad SMARTS) is 2. The van der Waals surface area contributed by atoms with E-state index in [1.54, 1.807) is 6.92 Å². The fraction of sp³-hybridized carbons (Fsp3) is 0.636. The number of hydrogen-bond acceptors (Lipinski definition) is 5. The van der Waals surface area contributed by atoms with Crippen molar-refractivity contribution in [3.05, 3.63) is 12.7 Å². The Bertz CT molecular complexity index is 440. The van der Waals surface area contributed by atoms with Crippen molar-refractivity contribution in [2.24, 2.45) is 0 Å². The summed E-state index contributed by atoms with van der Waals surface area (Å²) < 4.78 is 26.0. The van der Waals surface area contributed by atoms with Crippen LogP contribution in [-0.4, -0.2) is 41.9 Å². The Balaban J connectivity index is 5.60. The highest BCUT2D eigenvalue weighted by molar-refractivity contribution is 7.89. The molecular formula is C11H18O7S. The van der Waals surface area contributed by atoms with Crippen molar-refractivity contribution >= 4 is 22.1 Å². The van der Waals surface area contributed by atoms with E-state index in [1.807, 2.05) is 0 Å². The summed E-state index contributed by atoms with van der Waals surface area (Å²) in [6, 6.07) is 0. The molecule has 19 heavy (non-hydrogen) atoms. The summed E-state index contributed by atoms with van der Waals surface area (Å²) in [5.74, 6) is -3.23. The van der Waals surface area contributed by atoms with Crippen LogP contribution in [-0.2, 0) is 23.9 Å². The number of carboxylic acids is 2. The lowest BCUT2D eigenvalue weighted by Gasteiger charge is -2.26. The van der Waals surface area contributed by atoms with Crippen molar-refractivity contribution in [2.45, 2.75) is 37.4 Å². The highest BCUT2D eigenvalue weighted by Gasteiger charge is 2.53. The number of rotatable bonds is 10. The minimum Gasteiger partial charge on any atom is -0.481 e. The smallest absolute Gasteiger partial charge is 0.328 e. The third-order valence-electron chi connectivity index (χ3n) is 2.58. The third-order valence-corrected chi connectivity index (χ3v) is 4.51. The van der Waals surface area contributed by atoms with Crippen LogP contribution in [0.3, 0.4) is 0 Å². The first-order chi connectivity index (χ1) is 8.73. The Morgan fingerprint density at radius 3 is 2.32 bits per heavy atom. The molecule has 7 nitrogen and oxygen atoms in total.